The third-order valence-electron chi connectivity index (χ3n) is 9.57. The number of esters is 1. The predicted molar refractivity (Wildman–Crippen MR) is 207 cm³/mol. The summed E-state index contributed by atoms with van der Waals surface area (Å²) in [7, 11) is 0. The van der Waals surface area contributed by atoms with Crippen molar-refractivity contribution in [2.45, 2.75) is 231 Å². The number of unbranched alkanes of at least 4 members (excludes halogenated alkanes) is 24. The van der Waals surface area contributed by atoms with Gasteiger partial charge < -0.3 is 20.9 Å². The number of hydrogen-bond donors (Lipinski definition) is 3. The summed E-state index contributed by atoms with van der Waals surface area (Å²) >= 11 is 0. The summed E-state index contributed by atoms with van der Waals surface area (Å²) in [5.74, 6) is -1.26. The maximum atomic E-state index is 12.7. The van der Waals surface area contributed by atoms with Gasteiger partial charge in [-0.25, -0.2) is 4.79 Å². The number of ether oxygens (including phenoxy) is 1. The second kappa shape index (κ2) is 37.4. The zero-order chi connectivity index (χ0) is 36.0. The Kier molecular flexibility index (Phi) is 35.9. The number of amides is 1. The van der Waals surface area contributed by atoms with E-state index in [4.69, 9.17) is 10.5 Å². The Hall–Kier alpha value is -1.89. The third kappa shape index (κ3) is 34.3. The van der Waals surface area contributed by atoms with Crippen molar-refractivity contribution >= 4 is 17.8 Å². The van der Waals surface area contributed by atoms with E-state index in [1.807, 2.05) is 0 Å². The van der Waals surface area contributed by atoms with Crippen molar-refractivity contribution < 1.29 is 24.2 Å². The molecule has 0 aliphatic rings. The van der Waals surface area contributed by atoms with Gasteiger partial charge >= 0.3 is 11.9 Å². The van der Waals surface area contributed by atoms with E-state index in [2.05, 4.69) is 31.3 Å². The predicted octanol–water partition coefficient (Wildman–Crippen LogP) is 11.5. The van der Waals surface area contributed by atoms with E-state index in [1.54, 1.807) is 0 Å². The molecule has 2 atom stereocenters. The molecule has 0 aromatic rings. The van der Waals surface area contributed by atoms with Gasteiger partial charge in [0.2, 0.25) is 5.91 Å². The largest absolute Gasteiger partial charge is 0.480 e. The zero-order valence-electron chi connectivity index (χ0n) is 32.3. The highest BCUT2D eigenvalue weighted by molar-refractivity contribution is 5.83. The Labute approximate surface area is 302 Å². The average molecular weight is 693 g/mol. The van der Waals surface area contributed by atoms with Crippen LogP contribution in [-0.2, 0) is 19.1 Å². The molecule has 0 heterocycles. The molecule has 0 bridgehead atoms. The van der Waals surface area contributed by atoms with Crippen LogP contribution in [0.4, 0.5) is 0 Å². The van der Waals surface area contributed by atoms with Crippen molar-refractivity contribution in [1.29, 1.82) is 0 Å². The summed E-state index contributed by atoms with van der Waals surface area (Å²) in [6.45, 7) is 4.94. The van der Waals surface area contributed by atoms with Crippen LogP contribution < -0.4 is 11.1 Å². The number of aliphatic carboxylic acids is 1. The van der Waals surface area contributed by atoms with Crippen LogP contribution >= 0.6 is 0 Å². The second-order valence-corrected chi connectivity index (χ2v) is 14.4. The smallest absolute Gasteiger partial charge is 0.326 e. The molecule has 1 amide bonds. The monoisotopic (exact) mass is 693 g/mol. The Bertz CT molecular complexity index is 787. The van der Waals surface area contributed by atoms with Crippen LogP contribution in [-0.4, -0.2) is 41.6 Å². The molecule has 49 heavy (non-hydrogen) atoms. The molecule has 0 saturated heterocycles. The highest BCUT2D eigenvalue weighted by Gasteiger charge is 2.18. The molecule has 288 valence electrons. The number of hydrogen-bond acceptors (Lipinski definition) is 5. The second-order valence-electron chi connectivity index (χ2n) is 14.4. The Morgan fingerprint density at radius 1 is 0.592 bits per heavy atom. The molecule has 0 spiro atoms. The van der Waals surface area contributed by atoms with E-state index in [0.29, 0.717) is 32.2 Å². The normalized spacial score (nSPS) is 12.7. The van der Waals surface area contributed by atoms with Gasteiger partial charge in [0.15, 0.2) is 0 Å². The van der Waals surface area contributed by atoms with Crippen molar-refractivity contribution in [1.82, 2.24) is 5.32 Å². The molecule has 0 aromatic carbocycles. The highest BCUT2D eigenvalue weighted by Crippen LogP contribution is 2.17. The van der Waals surface area contributed by atoms with E-state index in [-0.39, 0.29) is 18.0 Å². The first-order valence-corrected chi connectivity index (χ1v) is 21.0. The number of carboxylic acid groups (broad SMARTS) is 1. The standard InChI is InChI=1S/C42H80N2O5/c1-3-5-7-9-11-13-14-15-16-17-18-20-26-30-36-41(46)49-38(32-27-23-19-12-10-8-6-4-2)33-28-24-21-22-25-29-35-40(45)44-39(42(47)48)34-31-37-43/h27,32,38-39H,3-26,28-31,33-37,43H2,1-2H3,(H,44,45)(H,47,48)/b32-27-. The fraction of sp³-hybridized carbons (Fsp3) is 0.881. The first-order valence-electron chi connectivity index (χ1n) is 21.0. The van der Waals surface area contributed by atoms with E-state index in [1.165, 1.54) is 116 Å². The van der Waals surface area contributed by atoms with E-state index in [9.17, 15) is 19.5 Å². The quantitative estimate of drug-likeness (QED) is 0.0337. The minimum atomic E-state index is -1.00. The van der Waals surface area contributed by atoms with E-state index >= 15 is 0 Å². The summed E-state index contributed by atoms with van der Waals surface area (Å²) in [5, 5.41) is 11.9. The van der Waals surface area contributed by atoms with Crippen molar-refractivity contribution in [3.8, 4) is 0 Å². The van der Waals surface area contributed by atoms with Gasteiger partial charge in [-0.15, -0.1) is 0 Å². The van der Waals surface area contributed by atoms with Crippen LogP contribution in [0.2, 0.25) is 0 Å². The maximum absolute atomic E-state index is 12.7. The van der Waals surface area contributed by atoms with Gasteiger partial charge in [-0.2, -0.15) is 0 Å². The molecule has 2 unspecified atom stereocenters. The average Bonchev–Trinajstić information content (AvgIpc) is 3.08. The van der Waals surface area contributed by atoms with Gasteiger partial charge in [0.1, 0.15) is 12.1 Å². The molecule has 4 N–H and O–H groups in total. The number of rotatable bonds is 38. The van der Waals surface area contributed by atoms with E-state index < -0.39 is 12.0 Å². The molecular formula is C42H80N2O5. The zero-order valence-corrected chi connectivity index (χ0v) is 32.3. The molecule has 0 radical (unpaired) electrons. The molecule has 0 rings (SSSR count). The lowest BCUT2D eigenvalue weighted by molar-refractivity contribution is -0.147. The van der Waals surface area contributed by atoms with Gasteiger partial charge in [0.25, 0.3) is 0 Å². The molecule has 0 fully saturated rings. The fourth-order valence-electron chi connectivity index (χ4n) is 6.36. The van der Waals surface area contributed by atoms with Crippen molar-refractivity contribution in [2.24, 2.45) is 5.73 Å². The van der Waals surface area contributed by atoms with Crippen molar-refractivity contribution in [2.75, 3.05) is 6.54 Å². The summed E-state index contributed by atoms with van der Waals surface area (Å²) < 4.78 is 5.95. The lowest BCUT2D eigenvalue weighted by atomic mass is 10.0. The van der Waals surface area contributed by atoms with E-state index in [0.717, 1.165) is 64.2 Å². The van der Waals surface area contributed by atoms with Crippen LogP contribution in [0.15, 0.2) is 12.2 Å². The number of carbonyl (C=O) groups is 3. The first kappa shape index (κ1) is 47.1. The van der Waals surface area contributed by atoms with Crippen LogP contribution in [0.3, 0.4) is 0 Å². The SMILES string of the molecule is CCCCCCCC/C=C\C(CCCCCCCCC(=O)NC(CCCN)C(=O)O)OC(=O)CCCCCCCCCCCCCCCC. The Morgan fingerprint density at radius 3 is 1.53 bits per heavy atom. The highest BCUT2D eigenvalue weighted by atomic mass is 16.5. The molecule has 0 saturated carbocycles. The number of carbonyl (C=O) groups excluding carboxylic acids is 2. The summed E-state index contributed by atoms with van der Waals surface area (Å²) in [5.41, 5.74) is 5.47. The van der Waals surface area contributed by atoms with Gasteiger partial charge in [-0.1, -0.05) is 161 Å². The summed E-state index contributed by atoms with van der Waals surface area (Å²) in [4.78, 5) is 36.2. The van der Waals surface area contributed by atoms with Gasteiger partial charge in [-0.05, 0) is 64.0 Å². The van der Waals surface area contributed by atoms with Gasteiger partial charge in [-0.3, -0.25) is 9.59 Å². The molecule has 0 aromatic heterocycles. The summed E-state index contributed by atoms with van der Waals surface area (Å²) in [6.07, 6.45) is 39.9. The number of carboxylic acids is 1. The van der Waals surface area contributed by atoms with Crippen molar-refractivity contribution in [3.63, 3.8) is 0 Å². The molecule has 0 aliphatic carbocycles. The molecule has 7 heteroatoms. The van der Waals surface area contributed by atoms with Crippen molar-refractivity contribution in [3.05, 3.63) is 12.2 Å². The molecule has 7 nitrogen and oxygen atoms in total. The third-order valence-corrected chi connectivity index (χ3v) is 9.57. The van der Waals surface area contributed by atoms with Crippen LogP contribution in [0.25, 0.3) is 0 Å². The number of nitrogens with two attached hydrogens (primary N) is 1. The lowest BCUT2D eigenvalue weighted by Gasteiger charge is -2.15. The van der Waals surface area contributed by atoms with Gasteiger partial charge in [0, 0.05) is 12.8 Å². The number of nitrogens with one attached hydrogen (secondary N) is 1. The van der Waals surface area contributed by atoms with Crippen LogP contribution in [0.1, 0.15) is 219 Å². The maximum Gasteiger partial charge on any atom is 0.326 e. The lowest BCUT2D eigenvalue weighted by Crippen LogP contribution is -2.40. The summed E-state index contributed by atoms with van der Waals surface area (Å²) in [6, 6.07) is -0.850. The Morgan fingerprint density at radius 2 is 1.04 bits per heavy atom. The van der Waals surface area contributed by atoms with Gasteiger partial charge in [0.05, 0.1) is 0 Å². The topological polar surface area (TPSA) is 119 Å². The fourth-order valence-corrected chi connectivity index (χ4v) is 6.36. The minimum Gasteiger partial charge on any atom is -0.480 e. The molecule has 0 aliphatic heterocycles. The Balaban J connectivity index is 4.22. The van der Waals surface area contributed by atoms with Crippen LogP contribution in [0, 0.1) is 0 Å². The molecular weight excluding hydrogens is 612 g/mol. The minimum absolute atomic E-state index is 0.0559. The first-order chi connectivity index (χ1) is 23.9. The number of allylic oxidation sites excluding steroid dienone is 1. The van der Waals surface area contributed by atoms with Crippen LogP contribution in [0.5, 0.6) is 0 Å².